The first kappa shape index (κ1) is 27.7. The van der Waals surface area contributed by atoms with Crippen molar-refractivity contribution < 1.29 is 27.9 Å². The van der Waals surface area contributed by atoms with E-state index in [2.05, 4.69) is 14.8 Å². The maximum atomic E-state index is 14.3. The molecule has 2 bridgehead atoms. The van der Waals surface area contributed by atoms with Gasteiger partial charge in [-0.3, -0.25) is 4.79 Å². The van der Waals surface area contributed by atoms with Gasteiger partial charge in [0.05, 0.1) is 28.6 Å². The molecule has 5 atom stereocenters. The highest BCUT2D eigenvalue weighted by atomic mass is 19.4. The summed E-state index contributed by atoms with van der Waals surface area (Å²) in [6.45, 7) is 3.00. The summed E-state index contributed by atoms with van der Waals surface area (Å²) in [4.78, 5) is 36.6. The molecule has 42 heavy (non-hydrogen) atoms. The molecule has 7 nitrogen and oxygen atoms in total. The van der Waals surface area contributed by atoms with E-state index in [1.807, 2.05) is 23.1 Å². The molecule has 0 spiro atoms. The number of aromatic nitrogens is 1. The minimum absolute atomic E-state index is 0.00189. The molecule has 5 aliphatic rings. The standard InChI is InChI=1S/C32H37F3N4O3/c33-32(34,35)24-6-10-36-28(15-24)38-18-27-16-26(38)19-39(27)30(42)31-9-2-5-23(31)14-25(17-31)37-11-7-20(8-12-37)21-3-1-4-22(13-21)29(40)41/h1,3-4,6,10,13,15,20,23,25-27H,2,5,7-9,11-12,14,16-19H2,(H,40,41)/t23-,25-,26+,27+,31-/m1/s1. The van der Waals surface area contributed by atoms with E-state index >= 15 is 0 Å². The summed E-state index contributed by atoms with van der Waals surface area (Å²) in [7, 11) is 0. The molecular formula is C32H37F3N4O3. The molecule has 3 saturated heterocycles. The van der Waals surface area contributed by atoms with Crippen LogP contribution in [0.3, 0.4) is 0 Å². The number of amides is 1. The number of carbonyl (C=O) groups excluding carboxylic acids is 1. The molecule has 4 heterocycles. The van der Waals surface area contributed by atoms with Gasteiger partial charge < -0.3 is 19.8 Å². The third-order valence-electron chi connectivity index (χ3n) is 11.1. The van der Waals surface area contributed by atoms with E-state index in [9.17, 15) is 27.9 Å². The Morgan fingerprint density at radius 1 is 0.976 bits per heavy atom. The second-order valence-electron chi connectivity index (χ2n) is 13.1. The molecule has 2 aliphatic carbocycles. The number of halogens is 3. The van der Waals surface area contributed by atoms with Crippen molar-refractivity contribution in [1.82, 2.24) is 14.8 Å². The molecule has 2 saturated carbocycles. The molecule has 7 rings (SSSR count). The number of anilines is 1. The predicted molar refractivity (Wildman–Crippen MR) is 150 cm³/mol. The van der Waals surface area contributed by atoms with Crippen LogP contribution >= 0.6 is 0 Å². The van der Waals surface area contributed by atoms with Gasteiger partial charge in [-0.25, -0.2) is 9.78 Å². The zero-order valence-corrected chi connectivity index (χ0v) is 23.6. The summed E-state index contributed by atoms with van der Waals surface area (Å²) < 4.78 is 39.9. The molecule has 1 amide bonds. The monoisotopic (exact) mass is 582 g/mol. The number of hydrogen-bond donors (Lipinski definition) is 1. The number of carbonyl (C=O) groups is 2. The fraction of sp³-hybridized carbons (Fsp3) is 0.594. The number of rotatable bonds is 5. The van der Waals surface area contributed by atoms with Gasteiger partial charge in [-0.2, -0.15) is 13.2 Å². The molecule has 3 aliphatic heterocycles. The number of fused-ring (bicyclic) bond motifs is 3. The van der Waals surface area contributed by atoms with Gasteiger partial charge in [0.1, 0.15) is 5.82 Å². The highest BCUT2D eigenvalue weighted by Gasteiger charge is 2.59. The highest BCUT2D eigenvalue weighted by Crippen LogP contribution is 2.57. The Bertz CT molecular complexity index is 1380. The van der Waals surface area contributed by atoms with E-state index in [4.69, 9.17) is 0 Å². The fourth-order valence-corrected chi connectivity index (χ4v) is 8.99. The lowest BCUT2D eigenvalue weighted by atomic mass is 9.78. The number of alkyl halides is 3. The average molecular weight is 583 g/mol. The predicted octanol–water partition coefficient (Wildman–Crippen LogP) is 5.42. The first-order valence-corrected chi connectivity index (χ1v) is 15.3. The van der Waals surface area contributed by atoms with E-state index in [0.717, 1.165) is 82.2 Å². The van der Waals surface area contributed by atoms with Gasteiger partial charge in [-0.1, -0.05) is 18.6 Å². The lowest BCUT2D eigenvalue weighted by Crippen LogP contribution is -2.54. The van der Waals surface area contributed by atoms with Crippen molar-refractivity contribution in [2.45, 2.75) is 81.6 Å². The zero-order valence-electron chi connectivity index (χ0n) is 23.6. The number of carboxylic acid groups (broad SMARTS) is 1. The first-order chi connectivity index (χ1) is 20.1. The third kappa shape index (κ3) is 4.66. The lowest BCUT2D eigenvalue weighted by Gasteiger charge is -2.41. The molecule has 0 unspecified atom stereocenters. The molecule has 224 valence electrons. The number of nitrogens with zero attached hydrogens (tertiary/aromatic N) is 4. The van der Waals surface area contributed by atoms with Crippen LogP contribution in [0.15, 0.2) is 42.6 Å². The number of aromatic carboxylic acids is 1. The van der Waals surface area contributed by atoms with Crippen molar-refractivity contribution in [1.29, 1.82) is 0 Å². The first-order valence-electron chi connectivity index (χ1n) is 15.3. The van der Waals surface area contributed by atoms with Crippen molar-refractivity contribution in [2.24, 2.45) is 11.3 Å². The maximum absolute atomic E-state index is 14.3. The molecule has 1 N–H and O–H groups in total. The number of piperazine rings is 1. The number of carboxylic acids is 1. The van der Waals surface area contributed by atoms with Crippen molar-refractivity contribution in [3.63, 3.8) is 0 Å². The Morgan fingerprint density at radius 2 is 1.79 bits per heavy atom. The van der Waals surface area contributed by atoms with Crippen LogP contribution in [0.2, 0.25) is 0 Å². The SMILES string of the molecule is O=C(O)c1cccc(C2CCN([C@@H]3C[C@H]4CCC[C@@]4(C(=O)N4C[C@@H]5C[C@H]4CN5c4cc(C(F)(F)F)ccn4)C3)CC2)c1. The van der Waals surface area contributed by atoms with Crippen LogP contribution in [0, 0.1) is 11.3 Å². The normalized spacial score (nSPS) is 31.6. The average Bonchev–Trinajstić information content (AvgIpc) is 3.77. The molecule has 0 radical (unpaired) electrons. The van der Waals surface area contributed by atoms with E-state index < -0.39 is 17.7 Å². The maximum Gasteiger partial charge on any atom is 0.416 e. The van der Waals surface area contributed by atoms with Gasteiger partial charge in [0.25, 0.3) is 0 Å². The summed E-state index contributed by atoms with van der Waals surface area (Å²) in [6.07, 6.45) is 4.61. The van der Waals surface area contributed by atoms with Crippen LogP contribution in [0.5, 0.6) is 0 Å². The number of pyridine rings is 1. The second-order valence-corrected chi connectivity index (χ2v) is 13.1. The van der Waals surface area contributed by atoms with E-state index in [-0.39, 0.29) is 23.4 Å². The molecule has 1 aromatic carbocycles. The summed E-state index contributed by atoms with van der Waals surface area (Å²) in [5.74, 6) is 0.470. The molecule has 2 aromatic rings. The Kier molecular flexibility index (Phi) is 6.75. The van der Waals surface area contributed by atoms with Crippen LogP contribution < -0.4 is 4.90 Å². The second kappa shape index (κ2) is 10.2. The fourth-order valence-electron chi connectivity index (χ4n) is 8.99. The summed E-state index contributed by atoms with van der Waals surface area (Å²) >= 11 is 0. The van der Waals surface area contributed by atoms with E-state index in [1.165, 1.54) is 6.20 Å². The highest BCUT2D eigenvalue weighted by molar-refractivity contribution is 5.87. The third-order valence-corrected chi connectivity index (χ3v) is 11.1. The van der Waals surface area contributed by atoms with Crippen LogP contribution in [0.1, 0.15) is 78.8 Å². The van der Waals surface area contributed by atoms with E-state index in [1.54, 1.807) is 6.07 Å². The molecule has 1 aromatic heterocycles. The lowest BCUT2D eigenvalue weighted by molar-refractivity contribution is -0.144. The van der Waals surface area contributed by atoms with Crippen molar-refractivity contribution in [3.05, 3.63) is 59.3 Å². The smallest absolute Gasteiger partial charge is 0.416 e. The van der Waals surface area contributed by atoms with Gasteiger partial charge in [-0.15, -0.1) is 0 Å². The summed E-state index contributed by atoms with van der Waals surface area (Å²) in [5, 5.41) is 9.37. The molecule has 10 heteroatoms. The van der Waals surface area contributed by atoms with Crippen molar-refractivity contribution >= 4 is 17.7 Å². The molecule has 5 fully saturated rings. The minimum Gasteiger partial charge on any atom is -0.478 e. The number of likely N-dealkylation sites (tertiary alicyclic amines) is 2. The molecular weight excluding hydrogens is 545 g/mol. The van der Waals surface area contributed by atoms with Gasteiger partial charge >= 0.3 is 12.1 Å². The van der Waals surface area contributed by atoms with Crippen LogP contribution in [-0.4, -0.2) is 76.1 Å². The Balaban J connectivity index is 1.00. The largest absolute Gasteiger partial charge is 0.478 e. The zero-order chi connectivity index (χ0) is 29.2. The minimum atomic E-state index is -4.41. The van der Waals surface area contributed by atoms with Crippen molar-refractivity contribution in [3.8, 4) is 0 Å². The number of hydrogen-bond acceptors (Lipinski definition) is 5. The van der Waals surface area contributed by atoms with E-state index in [0.29, 0.717) is 42.3 Å². The number of benzene rings is 1. The summed E-state index contributed by atoms with van der Waals surface area (Å²) in [6, 6.07) is 9.86. The summed E-state index contributed by atoms with van der Waals surface area (Å²) in [5.41, 5.74) is 0.429. The quantitative estimate of drug-likeness (QED) is 0.508. The van der Waals surface area contributed by atoms with Crippen LogP contribution in [-0.2, 0) is 11.0 Å². The van der Waals surface area contributed by atoms with Crippen LogP contribution in [0.25, 0.3) is 0 Å². The van der Waals surface area contributed by atoms with Gasteiger partial charge in [0.2, 0.25) is 5.91 Å². The number of piperidine rings is 1. The van der Waals surface area contributed by atoms with Crippen LogP contribution in [0.4, 0.5) is 19.0 Å². The van der Waals surface area contributed by atoms with Gasteiger partial charge in [0.15, 0.2) is 0 Å². The van der Waals surface area contributed by atoms with Gasteiger partial charge in [-0.05, 0) is 99.7 Å². The topological polar surface area (TPSA) is 77.0 Å². The van der Waals surface area contributed by atoms with Crippen molar-refractivity contribution in [2.75, 3.05) is 31.1 Å². The Hall–Kier alpha value is -3.14. The Morgan fingerprint density at radius 3 is 2.50 bits per heavy atom. The van der Waals surface area contributed by atoms with Gasteiger partial charge in [0, 0.05) is 25.3 Å². The Labute approximate surface area is 243 Å².